The van der Waals surface area contributed by atoms with Gasteiger partial charge in [0, 0.05) is 31.3 Å². The summed E-state index contributed by atoms with van der Waals surface area (Å²) in [5, 5.41) is 0. The van der Waals surface area contributed by atoms with Crippen molar-refractivity contribution in [3.05, 3.63) is 0 Å². The summed E-state index contributed by atoms with van der Waals surface area (Å²) in [6.45, 7) is 4.22. The van der Waals surface area contributed by atoms with Gasteiger partial charge in [-0.05, 0) is 32.7 Å². The fraction of sp³-hybridized carbons (Fsp3) is 0.917. The lowest BCUT2D eigenvalue weighted by atomic mass is 10.0. The third-order valence-electron chi connectivity index (χ3n) is 3.33. The zero-order chi connectivity index (χ0) is 12.1. The van der Waals surface area contributed by atoms with Gasteiger partial charge in [-0.2, -0.15) is 11.8 Å². The van der Waals surface area contributed by atoms with E-state index in [9.17, 15) is 4.79 Å². The Balaban J connectivity index is 2.48. The molecule has 1 rings (SSSR count). The number of carbonyl (C=O) groups excluding carboxylic acids is 1. The normalized spacial score (nSPS) is 24.1. The fourth-order valence-electron chi connectivity index (χ4n) is 2.30. The van der Waals surface area contributed by atoms with Gasteiger partial charge in [0.1, 0.15) is 0 Å². The fourth-order valence-corrected chi connectivity index (χ4v) is 2.95. The van der Waals surface area contributed by atoms with Gasteiger partial charge in [0.25, 0.3) is 0 Å². The number of thioether (sulfide) groups is 1. The second kappa shape index (κ2) is 6.50. The van der Waals surface area contributed by atoms with Crippen molar-refractivity contribution < 1.29 is 4.79 Å². The van der Waals surface area contributed by atoms with E-state index in [0.717, 1.165) is 18.7 Å². The molecule has 0 saturated carbocycles. The number of hydrogen-bond acceptors (Lipinski definition) is 3. The molecule has 0 N–H and O–H groups in total. The zero-order valence-electron chi connectivity index (χ0n) is 10.9. The molecule has 0 aliphatic carbocycles. The number of likely N-dealkylation sites (N-methyl/N-ethyl adjacent to an activating group) is 2. The van der Waals surface area contributed by atoms with Crippen molar-refractivity contribution in [3.8, 4) is 0 Å². The highest BCUT2D eigenvalue weighted by Gasteiger charge is 2.26. The Morgan fingerprint density at radius 1 is 1.62 bits per heavy atom. The van der Waals surface area contributed by atoms with Gasteiger partial charge in [0.05, 0.1) is 0 Å². The number of hydrogen-bond donors (Lipinski definition) is 0. The predicted molar refractivity (Wildman–Crippen MR) is 70.8 cm³/mol. The predicted octanol–water partition coefficient (Wildman–Crippen LogP) is 1.54. The summed E-state index contributed by atoms with van der Waals surface area (Å²) in [6.07, 6.45) is 4.41. The molecule has 94 valence electrons. The van der Waals surface area contributed by atoms with Crippen LogP contribution < -0.4 is 0 Å². The molecule has 4 heteroatoms. The van der Waals surface area contributed by atoms with Crippen molar-refractivity contribution in [1.82, 2.24) is 9.80 Å². The van der Waals surface area contributed by atoms with E-state index in [2.05, 4.69) is 18.2 Å². The van der Waals surface area contributed by atoms with Crippen LogP contribution in [0.1, 0.15) is 19.8 Å². The van der Waals surface area contributed by atoms with Gasteiger partial charge < -0.3 is 9.80 Å². The third kappa shape index (κ3) is 3.67. The summed E-state index contributed by atoms with van der Waals surface area (Å²) in [5.41, 5.74) is 0. The van der Waals surface area contributed by atoms with Crippen LogP contribution >= 0.6 is 11.8 Å². The van der Waals surface area contributed by atoms with Gasteiger partial charge in [-0.1, -0.05) is 6.92 Å². The average molecular weight is 244 g/mol. The second-order valence-electron chi connectivity index (χ2n) is 4.86. The van der Waals surface area contributed by atoms with Gasteiger partial charge in [0.15, 0.2) is 0 Å². The van der Waals surface area contributed by atoms with Crippen LogP contribution in [0, 0.1) is 5.92 Å². The van der Waals surface area contributed by atoms with Crippen LogP contribution in [0.2, 0.25) is 0 Å². The van der Waals surface area contributed by atoms with Gasteiger partial charge in [-0.15, -0.1) is 0 Å². The second-order valence-corrected chi connectivity index (χ2v) is 5.77. The zero-order valence-corrected chi connectivity index (χ0v) is 11.7. The Hall–Kier alpha value is -0.220. The van der Waals surface area contributed by atoms with Crippen LogP contribution in [0.3, 0.4) is 0 Å². The molecule has 2 atom stereocenters. The summed E-state index contributed by atoms with van der Waals surface area (Å²) in [4.78, 5) is 16.4. The molecule has 1 amide bonds. The largest absolute Gasteiger partial charge is 0.341 e. The van der Waals surface area contributed by atoms with Crippen molar-refractivity contribution in [2.45, 2.75) is 25.8 Å². The van der Waals surface area contributed by atoms with E-state index in [-0.39, 0.29) is 5.92 Å². The lowest BCUT2D eigenvalue weighted by Gasteiger charge is -2.36. The SMILES string of the molecule is CSC[C@H](C)C(=O)N(C)[C@H]1CCCN(C)C1. The number of piperidine rings is 1. The molecule has 0 aromatic rings. The quantitative estimate of drug-likeness (QED) is 0.749. The van der Waals surface area contributed by atoms with Crippen LogP contribution in [-0.2, 0) is 4.79 Å². The standard InChI is InChI=1S/C12H24N2OS/c1-10(9-16-4)12(15)14(3)11-6-5-7-13(2)8-11/h10-11H,5-9H2,1-4H3/t10-,11-/m0/s1. The number of amides is 1. The van der Waals surface area contributed by atoms with E-state index in [4.69, 9.17) is 0 Å². The molecule has 16 heavy (non-hydrogen) atoms. The van der Waals surface area contributed by atoms with Crippen LogP contribution in [0.5, 0.6) is 0 Å². The van der Waals surface area contributed by atoms with Crippen molar-refractivity contribution in [2.24, 2.45) is 5.92 Å². The van der Waals surface area contributed by atoms with E-state index < -0.39 is 0 Å². The Bertz CT molecular complexity index is 235. The molecule has 0 unspecified atom stereocenters. The van der Waals surface area contributed by atoms with Gasteiger partial charge >= 0.3 is 0 Å². The molecule has 0 spiro atoms. The minimum atomic E-state index is 0.146. The van der Waals surface area contributed by atoms with E-state index >= 15 is 0 Å². The van der Waals surface area contributed by atoms with E-state index in [1.807, 2.05) is 18.9 Å². The summed E-state index contributed by atoms with van der Waals surface area (Å²) >= 11 is 1.74. The maximum atomic E-state index is 12.1. The lowest BCUT2D eigenvalue weighted by Crippen LogP contribution is -2.48. The molecule has 1 saturated heterocycles. The monoisotopic (exact) mass is 244 g/mol. The molecule has 1 aliphatic rings. The first-order valence-electron chi connectivity index (χ1n) is 6.00. The first-order valence-corrected chi connectivity index (χ1v) is 7.39. The summed E-state index contributed by atoms with van der Waals surface area (Å²) < 4.78 is 0. The van der Waals surface area contributed by atoms with Gasteiger partial charge in [-0.3, -0.25) is 4.79 Å². The maximum Gasteiger partial charge on any atom is 0.226 e. The van der Waals surface area contributed by atoms with E-state index in [1.54, 1.807) is 11.8 Å². The minimum Gasteiger partial charge on any atom is -0.341 e. The highest BCUT2D eigenvalue weighted by atomic mass is 32.2. The first kappa shape index (κ1) is 13.8. The van der Waals surface area contributed by atoms with Crippen LogP contribution in [0.25, 0.3) is 0 Å². The molecule has 0 bridgehead atoms. The van der Waals surface area contributed by atoms with Gasteiger partial charge in [-0.25, -0.2) is 0 Å². The third-order valence-corrected chi connectivity index (χ3v) is 4.17. The lowest BCUT2D eigenvalue weighted by molar-refractivity contribution is -0.136. The molecule has 1 fully saturated rings. The summed E-state index contributed by atoms with van der Waals surface area (Å²) in [6, 6.07) is 0.413. The number of nitrogens with zero attached hydrogens (tertiary/aromatic N) is 2. The van der Waals surface area contributed by atoms with Crippen molar-refractivity contribution in [2.75, 3.05) is 39.2 Å². The van der Waals surface area contributed by atoms with Crippen molar-refractivity contribution >= 4 is 17.7 Å². The Morgan fingerprint density at radius 3 is 2.88 bits per heavy atom. The summed E-state index contributed by atoms with van der Waals surface area (Å²) in [7, 11) is 4.10. The molecule has 1 aliphatic heterocycles. The van der Waals surface area contributed by atoms with Crippen LogP contribution in [-0.4, -0.2) is 60.9 Å². The van der Waals surface area contributed by atoms with Crippen molar-refractivity contribution in [3.63, 3.8) is 0 Å². The van der Waals surface area contributed by atoms with Crippen LogP contribution in [0.4, 0.5) is 0 Å². The molecular weight excluding hydrogens is 220 g/mol. The average Bonchev–Trinajstić information content (AvgIpc) is 2.27. The highest BCUT2D eigenvalue weighted by Crippen LogP contribution is 2.16. The highest BCUT2D eigenvalue weighted by molar-refractivity contribution is 7.98. The molecule has 0 aromatic carbocycles. The summed E-state index contributed by atoms with van der Waals surface area (Å²) in [5.74, 6) is 1.37. The maximum absolute atomic E-state index is 12.1. The Kier molecular flexibility index (Phi) is 5.62. The number of likely N-dealkylation sites (tertiary alicyclic amines) is 1. The number of rotatable bonds is 4. The van der Waals surface area contributed by atoms with Crippen molar-refractivity contribution in [1.29, 1.82) is 0 Å². The molecule has 0 aromatic heterocycles. The first-order chi connectivity index (χ1) is 7.56. The van der Waals surface area contributed by atoms with E-state index in [1.165, 1.54) is 13.0 Å². The van der Waals surface area contributed by atoms with Gasteiger partial charge in [0.2, 0.25) is 5.91 Å². The Morgan fingerprint density at radius 2 is 2.31 bits per heavy atom. The van der Waals surface area contributed by atoms with Crippen LogP contribution in [0.15, 0.2) is 0 Å². The van der Waals surface area contributed by atoms with E-state index in [0.29, 0.717) is 11.9 Å². The topological polar surface area (TPSA) is 23.6 Å². The molecule has 3 nitrogen and oxygen atoms in total. The molecule has 1 heterocycles. The molecule has 0 radical (unpaired) electrons. The number of carbonyl (C=O) groups is 1. The minimum absolute atomic E-state index is 0.146. The Labute approximate surface area is 104 Å². The molecular formula is C12H24N2OS. The smallest absolute Gasteiger partial charge is 0.226 e.